The minimum Gasteiger partial charge on any atom is -1.00 e. The van der Waals surface area contributed by atoms with Gasteiger partial charge in [-0.05, 0) is 13.8 Å². The summed E-state index contributed by atoms with van der Waals surface area (Å²) in [4.78, 5) is 0. The van der Waals surface area contributed by atoms with Gasteiger partial charge in [0.25, 0.3) is 0 Å². The van der Waals surface area contributed by atoms with E-state index in [2.05, 4.69) is 108 Å². The molecule has 4 aromatic rings. The van der Waals surface area contributed by atoms with Crippen molar-refractivity contribution in [3.63, 3.8) is 0 Å². The van der Waals surface area contributed by atoms with Crippen LogP contribution in [0.15, 0.2) is 57.5 Å². The summed E-state index contributed by atoms with van der Waals surface area (Å²) in [5.41, 5.74) is 5.39. The maximum atomic E-state index is 3.49. The first-order valence-corrected chi connectivity index (χ1v) is 9.59. The first-order chi connectivity index (χ1) is 11.4. The molecular formula is C22H20Br2Cl2Zr. The minimum absolute atomic E-state index is 0. The Morgan fingerprint density at radius 1 is 0.593 bits per heavy atom. The zero-order valence-electron chi connectivity index (χ0n) is 15.6. The fourth-order valence-corrected chi connectivity index (χ4v) is 4.03. The van der Waals surface area contributed by atoms with Gasteiger partial charge in [0.05, 0.1) is 0 Å². The normalized spacial score (nSPS) is 9.70. The van der Waals surface area contributed by atoms with E-state index in [0.717, 1.165) is 0 Å². The zero-order valence-corrected chi connectivity index (χ0v) is 22.8. The van der Waals surface area contributed by atoms with Crippen molar-refractivity contribution < 1.29 is 51.0 Å². The molecule has 27 heavy (non-hydrogen) atoms. The quantitative estimate of drug-likeness (QED) is 0.269. The van der Waals surface area contributed by atoms with Crippen LogP contribution in [0.3, 0.4) is 0 Å². The van der Waals surface area contributed by atoms with Gasteiger partial charge in [-0.1, -0.05) is 77.9 Å². The van der Waals surface area contributed by atoms with E-state index in [0.29, 0.717) is 0 Å². The molecule has 4 rings (SSSR count). The van der Waals surface area contributed by atoms with Gasteiger partial charge in [-0.2, -0.15) is 12.1 Å². The number of rotatable bonds is 0. The number of hydrogen-bond acceptors (Lipinski definition) is 0. The minimum atomic E-state index is 0. The fourth-order valence-electron chi connectivity index (χ4n) is 3.11. The Labute approximate surface area is 210 Å². The Kier molecular flexibility index (Phi) is 11.3. The molecule has 0 unspecified atom stereocenters. The molecule has 140 valence electrons. The molecule has 0 fully saturated rings. The predicted octanol–water partition coefficient (Wildman–Crippen LogP) is 1.88. The van der Waals surface area contributed by atoms with Crippen molar-refractivity contribution in [2.45, 2.75) is 27.7 Å². The van der Waals surface area contributed by atoms with Gasteiger partial charge in [-0.25, -0.2) is 0 Å². The smallest absolute Gasteiger partial charge is 1.00 e. The second-order valence-corrected chi connectivity index (χ2v) is 8.23. The molecule has 0 heterocycles. The monoisotopic (exact) mass is 602 g/mol. The number of fused-ring (bicyclic) bond motifs is 2. The molecule has 0 radical (unpaired) electrons. The van der Waals surface area contributed by atoms with Crippen molar-refractivity contribution in [1.82, 2.24) is 0 Å². The van der Waals surface area contributed by atoms with Crippen molar-refractivity contribution in [2.24, 2.45) is 0 Å². The maximum absolute atomic E-state index is 3.49. The van der Waals surface area contributed by atoms with Gasteiger partial charge in [0.15, 0.2) is 0 Å². The molecule has 4 aromatic carbocycles. The van der Waals surface area contributed by atoms with Gasteiger partial charge in [-0.3, -0.25) is 0 Å². The summed E-state index contributed by atoms with van der Waals surface area (Å²) in [5.74, 6) is 0. The van der Waals surface area contributed by atoms with E-state index in [9.17, 15) is 0 Å². The van der Waals surface area contributed by atoms with E-state index in [1.54, 1.807) is 0 Å². The van der Waals surface area contributed by atoms with Crippen LogP contribution >= 0.6 is 31.9 Å². The Morgan fingerprint density at radius 2 is 0.889 bits per heavy atom. The Hall–Kier alpha value is 0.0831. The molecule has 0 atom stereocenters. The van der Waals surface area contributed by atoms with Crippen LogP contribution in [-0.4, -0.2) is 0 Å². The summed E-state index contributed by atoms with van der Waals surface area (Å²) in [7, 11) is 0. The summed E-state index contributed by atoms with van der Waals surface area (Å²) < 4.78 is 2.35. The van der Waals surface area contributed by atoms with Crippen LogP contribution in [-0.2, 0) is 26.2 Å². The average Bonchev–Trinajstić information content (AvgIpc) is 3.12. The maximum Gasteiger partial charge on any atom is 4.00 e. The van der Waals surface area contributed by atoms with Gasteiger partial charge >= 0.3 is 26.2 Å². The second-order valence-electron chi connectivity index (χ2n) is 6.40. The van der Waals surface area contributed by atoms with Crippen molar-refractivity contribution in [2.75, 3.05) is 0 Å². The van der Waals surface area contributed by atoms with E-state index < -0.39 is 0 Å². The Balaban J connectivity index is 0.000000451. The third kappa shape index (κ3) is 6.03. The third-order valence-corrected chi connectivity index (χ3v) is 5.49. The molecule has 0 spiro atoms. The fraction of sp³-hybridized carbons (Fsp3) is 0.182. The summed E-state index contributed by atoms with van der Waals surface area (Å²) in [6, 6.07) is 17.4. The molecule has 0 saturated heterocycles. The number of benzene rings is 2. The second kappa shape index (κ2) is 11.3. The molecule has 0 bridgehead atoms. The van der Waals surface area contributed by atoms with Gasteiger partial charge in [-0.15, -0.1) is 56.9 Å². The summed E-state index contributed by atoms with van der Waals surface area (Å²) in [6.45, 7) is 8.59. The van der Waals surface area contributed by atoms with Crippen LogP contribution in [0.25, 0.3) is 21.5 Å². The predicted molar refractivity (Wildman–Crippen MR) is 113 cm³/mol. The van der Waals surface area contributed by atoms with Gasteiger partial charge in [0.2, 0.25) is 0 Å². The SMILES string of the molecule is Cc1ccc(C)c2[cH-]c(Br)cc12.Cc1ccc(C)c2[cH-]c(Br)cc12.[Cl-].[Cl-].[Zr+4]. The van der Waals surface area contributed by atoms with Crippen molar-refractivity contribution in [3.8, 4) is 0 Å². The number of hydrogen-bond donors (Lipinski definition) is 0. The standard InChI is InChI=1S/2C11H10Br.2ClH.Zr/c2*1-7-3-4-8(2)11-6-9(12)5-10(7)11;;;/h2*3-6H,1-2H3;2*1H;/q2*-1;;;+4/p-2. The molecule has 0 aromatic heterocycles. The van der Waals surface area contributed by atoms with Crippen LogP contribution in [0.4, 0.5) is 0 Å². The van der Waals surface area contributed by atoms with Crippen molar-refractivity contribution in [3.05, 3.63) is 79.7 Å². The Bertz CT molecular complexity index is 870. The van der Waals surface area contributed by atoms with E-state index >= 15 is 0 Å². The first kappa shape index (κ1) is 27.1. The average molecular weight is 606 g/mol. The van der Waals surface area contributed by atoms with E-state index in [-0.39, 0.29) is 51.0 Å². The van der Waals surface area contributed by atoms with Gasteiger partial charge < -0.3 is 24.8 Å². The topological polar surface area (TPSA) is 0 Å². The molecule has 0 amide bonds. The van der Waals surface area contributed by atoms with Crippen LogP contribution < -0.4 is 24.8 Å². The molecule has 0 nitrogen and oxygen atoms in total. The van der Waals surface area contributed by atoms with E-state index in [4.69, 9.17) is 0 Å². The van der Waals surface area contributed by atoms with Crippen molar-refractivity contribution in [1.29, 1.82) is 0 Å². The molecule has 0 saturated carbocycles. The Morgan fingerprint density at radius 3 is 1.19 bits per heavy atom. The molecule has 5 heteroatoms. The van der Waals surface area contributed by atoms with Gasteiger partial charge in [0.1, 0.15) is 0 Å². The molecule has 0 N–H and O–H groups in total. The molecule has 0 aliphatic heterocycles. The number of aryl methyl sites for hydroxylation is 4. The van der Waals surface area contributed by atoms with Crippen molar-refractivity contribution >= 4 is 53.4 Å². The first-order valence-electron chi connectivity index (χ1n) is 8.01. The zero-order chi connectivity index (χ0) is 17.4. The molecule has 0 aliphatic carbocycles. The largest absolute Gasteiger partial charge is 4.00 e. The van der Waals surface area contributed by atoms with Gasteiger partial charge in [0, 0.05) is 0 Å². The van der Waals surface area contributed by atoms with Crippen LogP contribution in [0.5, 0.6) is 0 Å². The van der Waals surface area contributed by atoms with Crippen LogP contribution in [0, 0.1) is 27.7 Å². The summed E-state index contributed by atoms with van der Waals surface area (Å²) in [6.07, 6.45) is 0. The van der Waals surface area contributed by atoms with Crippen LogP contribution in [0.2, 0.25) is 0 Å². The van der Waals surface area contributed by atoms with Crippen LogP contribution in [0.1, 0.15) is 22.3 Å². The summed E-state index contributed by atoms with van der Waals surface area (Å²) in [5, 5.41) is 5.45. The number of halogens is 4. The van der Waals surface area contributed by atoms with E-state index in [1.165, 1.54) is 52.7 Å². The summed E-state index contributed by atoms with van der Waals surface area (Å²) >= 11 is 6.99. The molecule has 0 aliphatic rings. The van der Waals surface area contributed by atoms with E-state index in [1.807, 2.05) is 0 Å². The third-order valence-electron chi connectivity index (χ3n) is 4.58. The molecular weight excluding hydrogens is 586 g/mol.